The minimum Gasteiger partial charge on any atom is -0.365 e. The second-order valence-electron chi connectivity index (χ2n) is 6.85. The fraction of sp³-hybridized carbons (Fsp3) is 0.529. The predicted octanol–water partition coefficient (Wildman–Crippen LogP) is 1.87. The molecule has 0 bridgehead atoms. The van der Waals surface area contributed by atoms with E-state index < -0.39 is 0 Å². The third kappa shape index (κ3) is 3.25. The Morgan fingerprint density at radius 3 is 2.58 bits per heavy atom. The zero-order valence-electron chi connectivity index (χ0n) is 14.5. The number of hydrogen-bond acceptors (Lipinski definition) is 6. The zero-order chi connectivity index (χ0) is 18.3. The molecule has 0 amide bonds. The van der Waals surface area contributed by atoms with E-state index in [1.165, 1.54) is 11.0 Å². The highest BCUT2D eigenvalue weighted by atomic mass is 35.5. The fourth-order valence-electron chi connectivity index (χ4n) is 3.18. The monoisotopic (exact) mass is 378 g/mol. The van der Waals surface area contributed by atoms with Crippen molar-refractivity contribution in [1.29, 1.82) is 0 Å². The number of aryl methyl sites for hydroxylation is 1. The quantitative estimate of drug-likeness (QED) is 0.809. The van der Waals surface area contributed by atoms with Crippen molar-refractivity contribution in [2.45, 2.75) is 26.3 Å². The van der Waals surface area contributed by atoms with Gasteiger partial charge in [-0.15, -0.1) is 0 Å². The third-order valence-corrected chi connectivity index (χ3v) is 5.32. The molecular weight excluding hydrogens is 359 g/mol. The summed E-state index contributed by atoms with van der Waals surface area (Å²) >= 11 is 6.33. The maximum atomic E-state index is 14.2. The minimum absolute atomic E-state index is 0.207. The van der Waals surface area contributed by atoms with Gasteiger partial charge in [0.25, 0.3) is 5.56 Å². The Bertz CT molecular complexity index is 876. The van der Waals surface area contributed by atoms with Gasteiger partial charge in [0.2, 0.25) is 0 Å². The molecule has 2 fully saturated rings. The van der Waals surface area contributed by atoms with E-state index in [4.69, 9.17) is 11.6 Å². The van der Waals surface area contributed by atoms with Gasteiger partial charge in [0.05, 0.1) is 17.6 Å². The number of nitrogens with zero attached hydrogens (tertiary/aromatic N) is 6. The van der Waals surface area contributed by atoms with E-state index in [1.54, 1.807) is 13.1 Å². The lowest BCUT2D eigenvalue weighted by atomic mass is 10.2. The Balaban J connectivity index is 1.48. The van der Waals surface area contributed by atoms with Gasteiger partial charge in [0.15, 0.2) is 11.6 Å². The van der Waals surface area contributed by atoms with Gasteiger partial charge in [-0.3, -0.25) is 4.79 Å². The van der Waals surface area contributed by atoms with Crippen LogP contribution in [-0.4, -0.2) is 45.9 Å². The van der Waals surface area contributed by atoms with Gasteiger partial charge in [-0.25, -0.2) is 19.0 Å². The number of piperazine rings is 1. The summed E-state index contributed by atoms with van der Waals surface area (Å²) in [5.74, 6) is 0.487. The summed E-state index contributed by atoms with van der Waals surface area (Å²) in [6, 6.07) is 0. The highest BCUT2D eigenvalue weighted by Gasteiger charge is 2.26. The van der Waals surface area contributed by atoms with Crippen LogP contribution in [0.4, 0.5) is 15.9 Å². The Kier molecular flexibility index (Phi) is 4.52. The molecule has 0 N–H and O–H groups in total. The molecule has 2 aliphatic rings. The molecule has 3 heterocycles. The lowest BCUT2D eigenvalue weighted by Gasteiger charge is -2.36. The van der Waals surface area contributed by atoms with Gasteiger partial charge >= 0.3 is 0 Å². The minimum atomic E-state index is -0.386. The highest BCUT2D eigenvalue weighted by molar-refractivity contribution is 6.33. The first kappa shape index (κ1) is 17.2. The van der Waals surface area contributed by atoms with Gasteiger partial charge < -0.3 is 9.80 Å². The second kappa shape index (κ2) is 6.83. The van der Waals surface area contributed by atoms with Crippen LogP contribution in [-0.2, 0) is 6.54 Å². The number of anilines is 2. The molecule has 26 heavy (non-hydrogen) atoms. The van der Waals surface area contributed by atoms with E-state index >= 15 is 0 Å². The Morgan fingerprint density at radius 2 is 1.88 bits per heavy atom. The van der Waals surface area contributed by atoms with Crippen LogP contribution in [0.1, 0.15) is 18.5 Å². The first-order valence-corrected chi connectivity index (χ1v) is 9.15. The summed E-state index contributed by atoms with van der Waals surface area (Å²) in [6.07, 6.45) is 5.33. The van der Waals surface area contributed by atoms with Gasteiger partial charge in [-0.1, -0.05) is 11.6 Å². The summed E-state index contributed by atoms with van der Waals surface area (Å²) < 4.78 is 15.7. The standard InChI is InChI=1S/C17H20ClFN6O/c1-11-15(19)16(21-10-20-11)24-6-4-23(5-7-24)13-8-22-25(9-12-2-3-12)17(26)14(13)18/h8,10,12H,2-7,9H2,1H3. The van der Waals surface area contributed by atoms with Gasteiger partial charge in [0, 0.05) is 32.7 Å². The predicted molar refractivity (Wildman–Crippen MR) is 97.4 cm³/mol. The summed E-state index contributed by atoms with van der Waals surface area (Å²) in [6.45, 7) is 4.63. The van der Waals surface area contributed by atoms with Crippen molar-refractivity contribution in [3.8, 4) is 0 Å². The van der Waals surface area contributed by atoms with E-state index in [0.717, 1.165) is 12.8 Å². The molecule has 9 heteroatoms. The van der Waals surface area contributed by atoms with Crippen molar-refractivity contribution in [3.63, 3.8) is 0 Å². The second-order valence-corrected chi connectivity index (χ2v) is 7.22. The number of aromatic nitrogens is 4. The lowest BCUT2D eigenvalue weighted by Crippen LogP contribution is -2.47. The molecule has 0 unspecified atom stereocenters. The van der Waals surface area contributed by atoms with E-state index in [9.17, 15) is 9.18 Å². The number of halogens is 2. The first-order chi connectivity index (χ1) is 12.5. The molecule has 0 aromatic carbocycles. The highest BCUT2D eigenvalue weighted by Crippen LogP contribution is 2.30. The molecule has 1 saturated carbocycles. The topological polar surface area (TPSA) is 67.2 Å². The largest absolute Gasteiger partial charge is 0.365 e. The van der Waals surface area contributed by atoms with Crippen molar-refractivity contribution >= 4 is 23.1 Å². The van der Waals surface area contributed by atoms with Crippen molar-refractivity contribution in [3.05, 3.63) is 39.4 Å². The molecule has 7 nitrogen and oxygen atoms in total. The van der Waals surface area contributed by atoms with E-state index in [2.05, 4.69) is 15.1 Å². The molecule has 2 aromatic heterocycles. The van der Waals surface area contributed by atoms with Crippen molar-refractivity contribution in [2.75, 3.05) is 36.0 Å². The maximum absolute atomic E-state index is 14.2. The molecule has 4 rings (SSSR count). The van der Waals surface area contributed by atoms with E-state index in [-0.39, 0.29) is 16.4 Å². The first-order valence-electron chi connectivity index (χ1n) is 8.77. The Hall–Kier alpha value is -2.22. The normalized spacial score (nSPS) is 17.7. The smallest absolute Gasteiger partial charge is 0.287 e. The molecule has 0 atom stereocenters. The van der Waals surface area contributed by atoms with Crippen LogP contribution >= 0.6 is 11.6 Å². The van der Waals surface area contributed by atoms with E-state index in [0.29, 0.717) is 55.8 Å². The summed E-state index contributed by atoms with van der Waals surface area (Å²) in [4.78, 5) is 24.3. The van der Waals surface area contributed by atoms with Crippen molar-refractivity contribution in [1.82, 2.24) is 19.7 Å². The van der Waals surface area contributed by atoms with Gasteiger partial charge in [-0.2, -0.15) is 5.10 Å². The average molecular weight is 379 g/mol. The van der Waals surface area contributed by atoms with Crippen LogP contribution in [0.3, 0.4) is 0 Å². The Labute approximate surface area is 155 Å². The lowest BCUT2D eigenvalue weighted by molar-refractivity contribution is 0.531. The number of hydrogen-bond donors (Lipinski definition) is 0. The van der Waals surface area contributed by atoms with Crippen LogP contribution in [0.5, 0.6) is 0 Å². The molecular formula is C17H20ClFN6O. The molecule has 0 spiro atoms. The van der Waals surface area contributed by atoms with Crippen molar-refractivity contribution in [2.24, 2.45) is 5.92 Å². The molecule has 0 radical (unpaired) electrons. The van der Waals surface area contributed by atoms with Crippen LogP contribution in [0.2, 0.25) is 5.02 Å². The van der Waals surface area contributed by atoms with E-state index in [1.807, 2.05) is 9.80 Å². The van der Waals surface area contributed by atoms with Crippen LogP contribution in [0, 0.1) is 18.7 Å². The van der Waals surface area contributed by atoms with Crippen LogP contribution in [0.15, 0.2) is 17.3 Å². The molecule has 138 valence electrons. The van der Waals surface area contributed by atoms with Crippen molar-refractivity contribution < 1.29 is 4.39 Å². The Morgan fingerprint density at radius 1 is 1.19 bits per heavy atom. The third-order valence-electron chi connectivity index (χ3n) is 4.96. The molecule has 2 aromatic rings. The summed E-state index contributed by atoms with van der Waals surface area (Å²) in [7, 11) is 0. The number of rotatable bonds is 4. The maximum Gasteiger partial charge on any atom is 0.287 e. The van der Waals surface area contributed by atoms with Gasteiger partial charge in [0.1, 0.15) is 11.3 Å². The molecule has 1 aliphatic carbocycles. The van der Waals surface area contributed by atoms with Crippen LogP contribution < -0.4 is 15.4 Å². The zero-order valence-corrected chi connectivity index (χ0v) is 15.3. The summed E-state index contributed by atoms with van der Waals surface area (Å²) in [5, 5.41) is 4.49. The average Bonchev–Trinajstić information content (AvgIpc) is 3.46. The SMILES string of the molecule is Cc1ncnc(N2CCN(c3cnn(CC4CC4)c(=O)c3Cl)CC2)c1F. The summed E-state index contributed by atoms with van der Waals surface area (Å²) in [5.41, 5.74) is 0.739. The van der Waals surface area contributed by atoms with Crippen LogP contribution in [0.25, 0.3) is 0 Å². The van der Waals surface area contributed by atoms with Gasteiger partial charge in [-0.05, 0) is 25.7 Å². The molecule has 1 saturated heterocycles. The fourth-order valence-corrected chi connectivity index (χ4v) is 3.44. The molecule has 1 aliphatic heterocycles.